The molecule has 0 aliphatic heterocycles. The van der Waals surface area contributed by atoms with Crippen molar-refractivity contribution in [3.05, 3.63) is 48.5 Å². The van der Waals surface area contributed by atoms with Gasteiger partial charge in [-0.3, -0.25) is 0 Å². The Kier molecular flexibility index (Phi) is 4.33. The summed E-state index contributed by atoms with van der Waals surface area (Å²) in [6.07, 6.45) is 2.23. The van der Waals surface area contributed by atoms with E-state index in [9.17, 15) is 0 Å². The second-order valence-electron chi connectivity index (χ2n) is 5.36. The van der Waals surface area contributed by atoms with Gasteiger partial charge in [-0.2, -0.15) is 0 Å². The molecule has 0 fully saturated rings. The molecule has 0 aliphatic rings. The monoisotopic (exact) mass is 295 g/mol. The smallest absolute Gasteiger partial charge is 0.120 e. The van der Waals surface area contributed by atoms with Crippen molar-refractivity contribution in [3.8, 4) is 22.8 Å². The van der Waals surface area contributed by atoms with Crippen molar-refractivity contribution in [2.75, 3.05) is 13.7 Å². The highest BCUT2D eigenvalue weighted by Crippen LogP contribution is 2.28. The lowest BCUT2D eigenvalue weighted by Crippen LogP contribution is -1.95. The minimum Gasteiger partial charge on any atom is -0.497 e. The number of aromatic amines is 1. The van der Waals surface area contributed by atoms with Crippen LogP contribution in [0.5, 0.6) is 11.5 Å². The van der Waals surface area contributed by atoms with Crippen LogP contribution in [0.1, 0.15) is 19.8 Å². The quantitative estimate of drug-likeness (QED) is 0.648. The summed E-state index contributed by atoms with van der Waals surface area (Å²) in [5.41, 5.74) is 3.36. The largest absolute Gasteiger partial charge is 0.497 e. The summed E-state index contributed by atoms with van der Waals surface area (Å²) in [5.74, 6) is 1.80. The molecule has 114 valence electrons. The molecule has 2 aromatic carbocycles. The first-order valence-electron chi connectivity index (χ1n) is 7.70. The molecule has 0 unspecified atom stereocenters. The van der Waals surface area contributed by atoms with Gasteiger partial charge in [0.15, 0.2) is 0 Å². The van der Waals surface area contributed by atoms with Gasteiger partial charge in [0, 0.05) is 16.6 Å². The van der Waals surface area contributed by atoms with Gasteiger partial charge >= 0.3 is 0 Å². The molecular formula is C19H21NO2. The fraction of sp³-hybridized carbons (Fsp3) is 0.263. The topological polar surface area (TPSA) is 34.2 Å². The fourth-order valence-electron chi connectivity index (χ4n) is 2.46. The molecule has 0 saturated carbocycles. The number of rotatable bonds is 6. The van der Waals surface area contributed by atoms with Crippen LogP contribution in [-0.4, -0.2) is 18.7 Å². The Morgan fingerprint density at radius 2 is 1.73 bits per heavy atom. The molecular weight excluding hydrogens is 274 g/mol. The number of aromatic nitrogens is 1. The molecule has 0 atom stereocenters. The van der Waals surface area contributed by atoms with Crippen molar-refractivity contribution in [1.82, 2.24) is 4.98 Å². The van der Waals surface area contributed by atoms with Gasteiger partial charge in [-0.05, 0) is 60.5 Å². The predicted octanol–water partition coefficient (Wildman–Crippen LogP) is 5.02. The van der Waals surface area contributed by atoms with Crippen LogP contribution in [0.15, 0.2) is 48.5 Å². The number of hydrogen-bond acceptors (Lipinski definition) is 2. The van der Waals surface area contributed by atoms with E-state index in [1.165, 1.54) is 5.39 Å². The molecule has 0 aliphatic carbocycles. The van der Waals surface area contributed by atoms with Crippen molar-refractivity contribution in [1.29, 1.82) is 0 Å². The average molecular weight is 295 g/mol. The molecule has 3 rings (SSSR count). The number of nitrogens with one attached hydrogen (secondary N) is 1. The Bertz CT molecular complexity index is 744. The van der Waals surface area contributed by atoms with E-state index in [1.807, 2.05) is 18.2 Å². The number of H-pyrrole nitrogens is 1. The summed E-state index contributed by atoms with van der Waals surface area (Å²) in [6.45, 7) is 2.94. The number of methoxy groups -OCH3 is 1. The maximum Gasteiger partial charge on any atom is 0.120 e. The summed E-state index contributed by atoms with van der Waals surface area (Å²) in [6, 6.07) is 16.4. The first-order valence-corrected chi connectivity index (χ1v) is 7.70. The molecule has 3 aromatic rings. The van der Waals surface area contributed by atoms with Crippen molar-refractivity contribution in [2.45, 2.75) is 19.8 Å². The Hall–Kier alpha value is -2.42. The summed E-state index contributed by atoms with van der Waals surface area (Å²) in [7, 11) is 1.68. The zero-order valence-corrected chi connectivity index (χ0v) is 13.1. The van der Waals surface area contributed by atoms with Crippen LogP contribution in [-0.2, 0) is 0 Å². The zero-order valence-electron chi connectivity index (χ0n) is 13.1. The average Bonchev–Trinajstić information content (AvgIpc) is 2.98. The van der Waals surface area contributed by atoms with Crippen LogP contribution in [0.25, 0.3) is 22.2 Å². The number of benzene rings is 2. The second kappa shape index (κ2) is 6.56. The number of fused-ring (bicyclic) bond motifs is 1. The van der Waals surface area contributed by atoms with E-state index in [4.69, 9.17) is 9.47 Å². The van der Waals surface area contributed by atoms with Crippen LogP contribution in [0, 0.1) is 0 Å². The lowest BCUT2D eigenvalue weighted by molar-refractivity contribution is 0.310. The van der Waals surface area contributed by atoms with E-state index in [0.717, 1.165) is 47.7 Å². The highest BCUT2D eigenvalue weighted by atomic mass is 16.5. The summed E-state index contributed by atoms with van der Waals surface area (Å²) in [5, 5.41) is 1.17. The van der Waals surface area contributed by atoms with Crippen LogP contribution < -0.4 is 9.47 Å². The molecule has 0 saturated heterocycles. The van der Waals surface area contributed by atoms with Gasteiger partial charge in [0.2, 0.25) is 0 Å². The van der Waals surface area contributed by atoms with Crippen molar-refractivity contribution >= 4 is 10.9 Å². The molecule has 3 nitrogen and oxygen atoms in total. The van der Waals surface area contributed by atoms with E-state index < -0.39 is 0 Å². The van der Waals surface area contributed by atoms with Crippen molar-refractivity contribution < 1.29 is 9.47 Å². The molecule has 0 radical (unpaired) electrons. The summed E-state index contributed by atoms with van der Waals surface area (Å²) < 4.78 is 11.0. The highest BCUT2D eigenvalue weighted by Gasteiger charge is 2.05. The van der Waals surface area contributed by atoms with Gasteiger partial charge in [0.25, 0.3) is 0 Å². The van der Waals surface area contributed by atoms with Crippen LogP contribution in [0.3, 0.4) is 0 Å². The lowest BCUT2D eigenvalue weighted by Gasteiger charge is -2.04. The fourth-order valence-corrected chi connectivity index (χ4v) is 2.46. The van der Waals surface area contributed by atoms with Crippen molar-refractivity contribution in [3.63, 3.8) is 0 Å². The maximum atomic E-state index is 5.77. The minimum atomic E-state index is 0.776. The minimum absolute atomic E-state index is 0.776. The Balaban J connectivity index is 1.85. The maximum absolute atomic E-state index is 5.77. The van der Waals surface area contributed by atoms with Gasteiger partial charge in [-0.15, -0.1) is 0 Å². The van der Waals surface area contributed by atoms with Gasteiger partial charge in [0.05, 0.1) is 13.7 Å². The van der Waals surface area contributed by atoms with Crippen LogP contribution in [0.2, 0.25) is 0 Å². The molecule has 1 aromatic heterocycles. The van der Waals surface area contributed by atoms with Gasteiger partial charge in [-0.25, -0.2) is 0 Å². The van der Waals surface area contributed by atoms with Crippen LogP contribution in [0.4, 0.5) is 0 Å². The van der Waals surface area contributed by atoms with Gasteiger partial charge in [-0.1, -0.05) is 13.3 Å². The van der Waals surface area contributed by atoms with Gasteiger partial charge in [0.1, 0.15) is 11.5 Å². The van der Waals surface area contributed by atoms with Crippen LogP contribution >= 0.6 is 0 Å². The molecule has 0 bridgehead atoms. The van der Waals surface area contributed by atoms with E-state index in [-0.39, 0.29) is 0 Å². The summed E-state index contributed by atoms with van der Waals surface area (Å²) in [4.78, 5) is 3.45. The standard InChI is InChI=1S/C19H21NO2/c1-3-4-11-22-17-9-10-18-15(12-17)13-19(20-18)14-5-7-16(21-2)8-6-14/h5-10,12-13,20H,3-4,11H2,1-2H3. The van der Waals surface area contributed by atoms with Crippen molar-refractivity contribution in [2.24, 2.45) is 0 Å². The molecule has 0 amide bonds. The summed E-state index contributed by atoms with van der Waals surface area (Å²) >= 11 is 0. The Morgan fingerprint density at radius 3 is 2.45 bits per heavy atom. The normalized spacial score (nSPS) is 10.8. The number of hydrogen-bond donors (Lipinski definition) is 1. The molecule has 1 N–H and O–H groups in total. The van der Waals surface area contributed by atoms with Gasteiger partial charge < -0.3 is 14.5 Å². The Morgan fingerprint density at radius 1 is 0.955 bits per heavy atom. The molecule has 22 heavy (non-hydrogen) atoms. The molecule has 3 heteroatoms. The van der Waals surface area contributed by atoms with E-state index in [1.54, 1.807) is 7.11 Å². The molecule has 0 spiro atoms. The lowest BCUT2D eigenvalue weighted by atomic mass is 10.1. The predicted molar refractivity (Wildman–Crippen MR) is 90.7 cm³/mol. The zero-order chi connectivity index (χ0) is 15.4. The second-order valence-corrected chi connectivity index (χ2v) is 5.36. The van der Waals surface area contributed by atoms with E-state index >= 15 is 0 Å². The Labute approximate surface area is 130 Å². The van der Waals surface area contributed by atoms with E-state index in [2.05, 4.69) is 42.2 Å². The third kappa shape index (κ3) is 3.08. The number of unbranched alkanes of at least 4 members (excludes halogenated alkanes) is 1. The first-order chi connectivity index (χ1) is 10.8. The van der Waals surface area contributed by atoms with E-state index in [0.29, 0.717) is 0 Å². The SMILES string of the molecule is CCCCOc1ccc2[nH]c(-c3ccc(OC)cc3)cc2c1. The number of ether oxygens (including phenoxy) is 2. The third-order valence-electron chi connectivity index (χ3n) is 3.76. The first kappa shape index (κ1) is 14.5. The highest BCUT2D eigenvalue weighted by molar-refractivity contribution is 5.87. The third-order valence-corrected chi connectivity index (χ3v) is 3.76. The molecule has 1 heterocycles.